The maximum Gasteiger partial charge on any atom is 0.338 e. The monoisotopic (exact) mass is 394 g/mol. The van der Waals surface area contributed by atoms with Gasteiger partial charge in [0.1, 0.15) is 0 Å². The molecule has 3 aromatic rings. The van der Waals surface area contributed by atoms with Crippen molar-refractivity contribution in [2.45, 2.75) is 6.54 Å². The van der Waals surface area contributed by atoms with Gasteiger partial charge in [-0.2, -0.15) is 5.10 Å². The van der Waals surface area contributed by atoms with E-state index in [2.05, 4.69) is 5.10 Å². The van der Waals surface area contributed by atoms with Gasteiger partial charge in [-0.3, -0.25) is 14.9 Å². The molecule has 1 heterocycles. The molecule has 0 aliphatic heterocycles. The number of aromatic nitrogens is 2. The van der Waals surface area contributed by atoms with Gasteiger partial charge in [0, 0.05) is 37.5 Å². The molecule has 0 aliphatic carbocycles. The van der Waals surface area contributed by atoms with Crippen LogP contribution in [0.2, 0.25) is 0 Å². The van der Waals surface area contributed by atoms with E-state index >= 15 is 0 Å². The molecule has 1 amide bonds. The molecule has 0 bridgehead atoms. The Bertz CT molecular complexity index is 1030. The Morgan fingerprint density at radius 1 is 1.17 bits per heavy atom. The molecule has 0 saturated carbocycles. The zero-order chi connectivity index (χ0) is 20.8. The number of nitro groups is 1. The molecule has 0 fully saturated rings. The van der Waals surface area contributed by atoms with Crippen LogP contribution in [0.4, 0.5) is 5.69 Å². The van der Waals surface area contributed by atoms with E-state index in [1.165, 1.54) is 23.1 Å². The summed E-state index contributed by atoms with van der Waals surface area (Å²) in [4.78, 5) is 35.9. The smallest absolute Gasteiger partial charge is 0.338 e. The van der Waals surface area contributed by atoms with E-state index in [1.807, 2.05) is 36.5 Å². The summed E-state index contributed by atoms with van der Waals surface area (Å²) in [5.74, 6) is -1.21. The molecule has 0 radical (unpaired) electrons. The number of benzene rings is 2. The minimum Gasteiger partial charge on any atom is -0.452 e. The fourth-order valence-electron chi connectivity index (χ4n) is 2.59. The number of nitro benzene ring substituents is 1. The molecule has 9 heteroatoms. The van der Waals surface area contributed by atoms with Crippen LogP contribution in [0.3, 0.4) is 0 Å². The highest BCUT2D eigenvalue weighted by Crippen LogP contribution is 2.14. The van der Waals surface area contributed by atoms with Crippen LogP contribution in [-0.2, 0) is 16.1 Å². The Hall–Kier alpha value is -4.01. The lowest BCUT2D eigenvalue weighted by Crippen LogP contribution is -2.30. The fraction of sp³-hybridized carbons (Fsp3) is 0.150. The van der Waals surface area contributed by atoms with Gasteiger partial charge in [0.25, 0.3) is 11.6 Å². The van der Waals surface area contributed by atoms with Gasteiger partial charge in [-0.1, -0.05) is 24.3 Å². The lowest BCUT2D eigenvalue weighted by Gasteiger charge is -2.16. The number of carbonyl (C=O) groups is 2. The molecule has 0 saturated heterocycles. The van der Waals surface area contributed by atoms with Gasteiger partial charge in [0.2, 0.25) is 0 Å². The van der Waals surface area contributed by atoms with E-state index in [1.54, 1.807) is 17.9 Å². The highest BCUT2D eigenvalue weighted by Gasteiger charge is 2.16. The second-order valence-electron chi connectivity index (χ2n) is 6.26. The molecule has 0 atom stereocenters. The van der Waals surface area contributed by atoms with Crippen LogP contribution >= 0.6 is 0 Å². The van der Waals surface area contributed by atoms with Gasteiger partial charge in [0.05, 0.1) is 22.4 Å². The van der Waals surface area contributed by atoms with Gasteiger partial charge in [-0.25, -0.2) is 9.48 Å². The van der Waals surface area contributed by atoms with Crippen LogP contribution in [-0.4, -0.2) is 45.1 Å². The summed E-state index contributed by atoms with van der Waals surface area (Å²) < 4.78 is 6.69. The first kappa shape index (κ1) is 19.7. The summed E-state index contributed by atoms with van der Waals surface area (Å²) in [5, 5.41) is 15.1. The van der Waals surface area contributed by atoms with E-state index in [0.717, 1.165) is 17.3 Å². The summed E-state index contributed by atoms with van der Waals surface area (Å²) in [5.41, 5.74) is 1.51. The van der Waals surface area contributed by atoms with Crippen molar-refractivity contribution < 1.29 is 19.2 Å². The normalized spacial score (nSPS) is 10.4. The average molecular weight is 394 g/mol. The van der Waals surface area contributed by atoms with Gasteiger partial charge in [-0.15, -0.1) is 0 Å². The molecule has 0 aliphatic rings. The molecule has 2 aromatic carbocycles. The van der Waals surface area contributed by atoms with Crippen LogP contribution in [0.1, 0.15) is 15.9 Å². The SMILES string of the molecule is CN(Cc1cnn(-c2ccccc2)c1)C(=O)COC(=O)c1cccc([N+](=O)[O-])c1. The van der Waals surface area contributed by atoms with Crippen molar-refractivity contribution in [3.63, 3.8) is 0 Å². The van der Waals surface area contributed by atoms with Crippen molar-refractivity contribution in [1.82, 2.24) is 14.7 Å². The summed E-state index contributed by atoms with van der Waals surface area (Å²) in [6.07, 6.45) is 3.47. The summed E-state index contributed by atoms with van der Waals surface area (Å²) >= 11 is 0. The number of carbonyl (C=O) groups excluding carboxylic acids is 2. The second kappa shape index (κ2) is 8.79. The third-order valence-electron chi connectivity index (χ3n) is 4.12. The number of nitrogens with zero attached hydrogens (tertiary/aromatic N) is 4. The van der Waals surface area contributed by atoms with Gasteiger partial charge in [-0.05, 0) is 18.2 Å². The van der Waals surface area contributed by atoms with Crippen molar-refractivity contribution in [1.29, 1.82) is 0 Å². The Kier molecular flexibility index (Phi) is 5.98. The molecular weight excluding hydrogens is 376 g/mol. The molecular formula is C20H18N4O5. The van der Waals surface area contributed by atoms with Gasteiger partial charge < -0.3 is 9.64 Å². The maximum absolute atomic E-state index is 12.2. The molecule has 0 spiro atoms. The molecule has 0 unspecified atom stereocenters. The molecule has 3 rings (SSSR count). The molecule has 1 aromatic heterocycles. The fourth-order valence-corrected chi connectivity index (χ4v) is 2.59. The van der Waals surface area contributed by atoms with Crippen molar-refractivity contribution in [3.8, 4) is 5.69 Å². The van der Waals surface area contributed by atoms with E-state index < -0.39 is 23.4 Å². The van der Waals surface area contributed by atoms with Crippen molar-refractivity contribution in [2.75, 3.05) is 13.7 Å². The number of ether oxygens (including phenoxy) is 1. The first-order valence-corrected chi connectivity index (χ1v) is 8.68. The predicted octanol–water partition coefficient (Wildman–Crippen LogP) is 2.60. The Balaban J connectivity index is 1.54. The molecule has 29 heavy (non-hydrogen) atoms. The Morgan fingerprint density at radius 2 is 1.93 bits per heavy atom. The van der Waals surface area contributed by atoms with E-state index in [4.69, 9.17) is 4.74 Å². The zero-order valence-corrected chi connectivity index (χ0v) is 15.6. The van der Waals surface area contributed by atoms with Gasteiger partial charge >= 0.3 is 5.97 Å². The van der Waals surface area contributed by atoms with Crippen LogP contribution in [0.15, 0.2) is 67.0 Å². The summed E-state index contributed by atoms with van der Waals surface area (Å²) in [7, 11) is 1.59. The predicted molar refractivity (Wildman–Crippen MR) is 103 cm³/mol. The first-order valence-electron chi connectivity index (χ1n) is 8.68. The summed E-state index contributed by atoms with van der Waals surface area (Å²) in [6, 6.07) is 14.7. The van der Waals surface area contributed by atoms with Crippen molar-refractivity contribution >= 4 is 17.6 Å². The molecule has 9 nitrogen and oxygen atoms in total. The van der Waals surface area contributed by atoms with Crippen LogP contribution in [0.25, 0.3) is 5.69 Å². The van der Waals surface area contributed by atoms with Crippen LogP contribution < -0.4 is 0 Å². The minimum atomic E-state index is -0.799. The standard InChI is InChI=1S/C20H18N4O5/c1-22(12-15-11-21-23(13-15)17-7-3-2-4-8-17)19(25)14-29-20(26)16-6-5-9-18(10-16)24(27)28/h2-11,13H,12,14H2,1H3. The Morgan fingerprint density at radius 3 is 2.66 bits per heavy atom. The number of para-hydroxylation sites is 1. The first-order chi connectivity index (χ1) is 13.9. The third-order valence-corrected chi connectivity index (χ3v) is 4.12. The molecule has 148 valence electrons. The lowest BCUT2D eigenvalue weighted by molar-refractivity contribution is -0.384. The Labute approximate surface area is 166 Å². The maximum atomic E-state index is 12.2. The number of hydrogen-bond donors (Lipinski definition) is 0. The van der Waals surface area contributed by atoms with E-state index in [9.17, 15) is 19.7 Å². The number of likely N-dealkylation sites (N-methyl/N-ethyl adjacent to an activating group) is 1. The number of non-ortho nitro benzene ring substituents is 1. The quantitative estimate of drug-likeness (QED) is 0.346. The zero-order valence-electron chi connectivity index (χ0n) is 15.6. The molecule has 0 N–H and O–H groups in total. The van der Waals surface area contributed by atoms with E-state index in [0.29, 0.717) is 6.54 Å². The highest BCUT2D eigenvalue weighted by molar-refractivity contribution is 5.91. The lowest BCUT2D eigenvalue weighted by atomic mass is 10.2. The number of esters is 1. The topological polar surface area (TPSA) is 108 Å². The van der Waals surface area contributed by atoms with Crippen molar-refractivity contribution in [3.05, 3.63) is 88.2 Å². The van der Waals surface area contributed by atoms with Crippen LogP contribution in [0.5, 0.6) is 0 Å². The average Bonchev–Trinajstić information content (AvgIpc) is 3.20. The van der Waals surface area contributed by atoms with Crippen LogP contribution in [0, 0.1) is 10.1 Å². The minimum absolute atomic E-state index is 0.0128. The van der Waals surface area contributed by atoms with Crippen molar-refractivity contribution in [2.24, 2.45) is 0 Å². The summed E-state index contributed by atoms with van der Waals surface area (Å²) in [6.45, 7) is -0.176. The van der Waals surface area contributed by atoms with Gasteiger partial charge in [0.15, 0.2) is 6.61 Å². The number of rotatable bonds is 7. The van der Waals surface area contributed by atoms with E-state index in [-0.39, 0.29) is 11.3 Å². The highest BCUT2D eigenvalue weighted by atomic mass is 16.6. The largest absolute Gasteiger partial charge is 0.452 e. The number of hydrogen-bond acceptors (Lipinski definition) is 6. The second-order valence-corrected chi connectivity index (χ2v) is 6.26. The number of amides is 1. The third kappa shape index (κ3) is 5.04.